The lowest BCUT2D eigenvalue weighted by atomic mass is 10.00. The summed E-state index contributed by atoms with van der Waals surface area (Å²) in [5.74, 6) is 0.659. The number of pyridine rings is 1. The number of anilines is 1. The first-order valence-corrected chi connectivity index (χ1v) is 12.8. The molecule has 9 nitrogen and oxygen atoms in total. The number of nitrogens with zero attached hydrogens (tertiary/aromatic N) is 6. The Morgan fingerprint density at radius 1 is 0.973 bits per heavy atom. The van der Waals surface area contributed by atoms with Crippen molar-refractivity contribution in [2.45, 2.75) is 40.3 Å². The molecule has 0 saturated carbocycles. The second kappa shape index (κ2) is 10.4. The molecule has 1 saturated heterocycles. The maximum Gasteiger partial charge on any atom is 0.253 e. The van der Waals surface area contributed by atoms with Gasteiger partial charge in [0.25, 0.3) is 5.56 Å². The standard InChI is InChI=1S/C28H35N7O2/c1-18-6-7-20(3)24(16-18)33-8-10-34(11-9-33)26(27-30-31-32-35(27)12-13-37-5)23-17-22-15-19(2)14-21(4)25(22)29-28(23)36/h6-7,14-17,26H,8-13H2,1-5H3,(H,29,36)/t26-/m0/s1. The molecular weight excluding hydrogens is 466 g/mol. The fourth-order valence-electron chi connectivity index (χ4n) is 5.43. The first-order chi connectivity index (χ1) is 17.9. The number of methoxy groups -OCH3 is 1. The third kappa shape index (κ3) is 5.01. The molecule has 9 heteroatoms. The highest BCUT2D eigenvalue weighted by molar-refractivity contribution is 5.83. The van der Waals surface area contributed by atoms with E-state index in [0.717, 1.165) is 48.2 Å². The first-order valence-electron chi connectivity index (χ1n) is 12.8. The minimum absolute atomic E-state index is 0.109. The Morgan fingerprint density at radius 3 is 2.51 bits per heavy atom. The van der Waals surface area contributed by atoms with E-state index in [2.05, 4.69) is 81.4 Å². The van der Waals surface area contributed by atoms with Crippen LogP contribution in [0.15, 0.2) is 41.2 Å². The summed E-state index contributed by atoms with van der Waals surface area (Å²) in [5.41, 5.74) is 7.44. The molecule has 1 aliphatic heterocycles. The Hall–Kier alpha value is -3.56. The Kier molecular flexibility index (Phi) is 7.08. The fraction of sp³-hybridized carbons (Fsp3) is 0.429. The molecule has 1 atom stereocenters. The normalized spacial score (nSPS) is 15.4. The molecule has 2 aromatic heterocycles. The average molecular weight is 502 g/mol. The second-order valence-corrected chi connectivity index (χ2v) is 10.1. The van der Waals surface area contributed by atoms with Gasteiger partial charge >= 0.3 is 0 Å². The topological polar surface area (TPSA) is 92.2 Å². The maximum absolute atomic E-state index is 13.5. The van der Waals surface area contributed by atoms with Crippen molar-refractivity contribution in [1.82, 2.24) is 30.1 Å². The molecule has 4 aromatic rings. The third-order valence-electron chi connectivity index (χ3n) is 7.31. The van der Waals surface area contributed by atoms with Crippen LogP contribution in [0, 0.1) is 27.7 Å². The largest absolute Gasteiger partial charge is 0.383 e. The van der Waals surface area contributed by atoms with Gasteiger partial charge in [-0.1, -0.05) is 23.8 Å². The predicted molar refractivity (Wildman–Crippen MR) is 145 cm³/mol. The number of aromatic amines is 1. The van der Waals surface area contributed by atoms with Crippen LogP contribution in [0.4, 0.5) is 5.69 Å². The monoisotopic (exact) mass is 501 g/mol. The van der Waals surface area contributed by atoms with Crippen LogP contribution in [0.1, 0.15) is 39.7 Å². The van der Waals surface area contributed by atoms with Gasteiger partial charge in [0.05, 0.1) is 18.7 Å². The van der Waals surface area contributed by atoms with Crippen molar-refractivity contribution < 1.29 is 4.74 Å². The SMILES string of the molecule is COCCn1nnnc1[C@H](c1cc2cc(C)cc(C)c2[nH]c1=O)N1CCN(c2cc(C)ccc2C)CC1. The van der Waals surface area contributed by atoms with Gasteiger partial charge < -0.3 is 14.6 Å². The zero-order valence-electron chi connectivity index (χ0n) is 22.3. The lowest BCUT2D eigenvalue weighted by Crippen LogP contribution is -2.49. The summed E-state index contributed by atoms with van der Waals surface area (Å²) in [5, 5.41) is 13.6. The molecule has 0 aliphatic carbocycles. The lowest BCUT2D eigenvalue weighted by molar-refractivity contribution is 0.171. The van der Waals surface area contributed by atoms with Gasteiger partial charge in [0.2, 0.25) is 0 Å². The molecule has 1 fully saturated rings. The van der Waals surface area contributed by atoms with Crippen LogP contribution in [0.3, 0.4) is 0 Å². The highest BCUT2D eigenvalue weighted by atomic mass is 16.5. The summed E-state index contributed by atoms with van der Waals surface area (Å²) < 4.78 is 7.05. The molecule has 1 aliphatic rings. The van der Waals surface area contributed by atoms with E-state index in [-0.39, 0.29) is 11.6 Å². The molecule has 2 aromatic carbocycles. The van der Waals surface area contributed by atoms with Crippen LogP contribution in [-0.4, -0.2) is 70.0 Å². The van der Waals surface area contributed by atoms with Crippen molar-refractivity contribution in [2.75, 3.05) is 44.8 Å². The molecule has 3 heterocycles. The van der Waals surface area contributed by atoms with E-state index < -0.39 is 0 Å². The summed E-state index contributed by atoms with van der Waals surface area (Å²) in [6.45, 7) is 12.6. The number of fused-ring (bicyclic) bond motifs is 1. The molecule has 0 bridgehead atoms. The van der Waals surface area contributed by atoms with E-state index in [4.69, 9.17) is 4.74 Å². The van der Waals surface area contributed by atoms with Crippen molar-refractivity contribution in [3.05, 3.63) is 80.4 Å². The maximum atomic E-state index is 13.5. The van der Waals surface area contributed by atoms with Gasteiger partial charge in [0.15, 0.2) is 5.82 Å². The Morgan fingerprint density at radius 2 is 1.76 bits per heavy atom. The highest BCUT2D eigenvalue weighted by Gasteiger charge is 2.33. The number of ether oxygens (including phenoxy) is 1. The van der Waals surface area contributed by atoms with Crippen molar-refractivity contribution in [3.63, 3.8) is 0 Å². The van der Waals surface area contributed by atoms with Crippen molar-refractivity contribution in [1.29, 1.82) is 0 Å². The summed E-state index contributed by atoms with van der Waals surface area (Å²) in [6, 6.07) is 12.4. The van der Waals surface area contributed by atoms with Crippen LogP contribution in [0.2, 0.25) is 0 Å². The van der Waals surface area contributed by atoms with E-state index in [1.807, 2.05) is 13.0 Å². The van der Waals surface area contributed by atoms with Gasteiger partial charge in [0, 0.05) is 44.5 Å². The van der Waals surface area contributed by atoms with Gasteiger partial charge in [-0.15, -0.1) is 5.10 Å². The number of nitrogens with one attached hydrogen (secondary N) is 1. The smallest absolute Gasteiger partial charge is 0.253 e. The summed E-state index contributed by atoms with van der Waals surface area (Å²) in [7, 11) is 1.66. The van der Waals surface area contributed by atoms with Gasteiger partial charge in [-0.3, -0.25) is 9.69 Å². The second-order valence-electron chi connectivity index (χ2n) is 10.1. The van der Waals surface area contributed by atoms with Crippen LogP contribution in [-0.2, 0) is 11.3 Å². The van der Waals surface area contributed by atoms with Gasteiger partial charge in [-0.25, -0.2) is 4.68 Å². The molecule has 5 rings (SSSR count). The number of tetrazole rings is 1. The number of rotatable bonds is 7. The molecule has 37 heavy (non-hydrogen) atoms. The molecular formula is C28H35N7O2. The Bertz CT molecular complexity index is 1470. The lowest BCUT2D eigenvalue weighted by Gasteiger charge is -2.40. The summed E-state index contributed by atoms with van der Waals surface area (Å²) >= 11 is 0. The van der Waals surface area contributed by atoms with Crippen LogP contribution in [0.5, 0.6) is 0 Å². The van der Waals surface area contributed by atoms with Crippen LogP contribution < -0.4 is 10.5 Å². The van der Waals surface area contributed by atoms with Crippen molar-refractivity contribution >= 4 is 16.6 Å². The molecule has 0 amide bonds. The van der Waals surface area contributed by atoms with E-state index in [1.165, 1.54) is 16.8 Å². The molecule has 0 radical (unpaired) electrons. The molecule has 0 unspecified atom stereocenters. The van der Waals surface area contributed by atoms with Gasteiger partial charge in [0.1, 0.15) is 6.04 Å². The van der Waals surface area contributed by atoms with Crippen LogP contribution >= 0.6 is 0 Å². The number of hydrogen-bond donors (Lipinski definition) is 1. The number of H-pyrrole nitrogens is 1. The zero-order chi connectivity index (χ0) is 26.1. The number of piperazine rings is 1. The van der Waals surface area contributed by atoms with E-state index in [0.29, 0.717) is 24.5 Å². The molecule has 1 N–H and O–H groups in total. The van der Waals surface area contributed by atoms with Gasteiger partial charge in [-0.2, -0.15) is 0 Å². The minimum Gasteiger partial charge on any atom is -0.383 e. The van der Waals surface area contributed by atoms with Crippen molar-refractivity contribution in [2.24, 2.45) is 0 Å². The number of aryl methyl sites for hydroxylation is 4. The Balaban J connectivity index is 1.54. The minimum atomic E-state index is -0.374. The zero-order valence-corrected chi connectivity index (χ0v) is 22.3. The third-order valence-corrected chi connectivity index (χ3v) is 7.31. The fourth-order valence-corrected chi connectivity index (χ4v) is 5.43. The number of aromatic nitrogens is 5. The van der Waals surface area contributed by atoms with E-state index in [9.17, 15) is 4.79 Å². The highest BCUT2D eigenvalue weighted by Crippen LogP contribution is 2.30. The Labute approximate surface area is 217 Å². The quantitative estimate of drug-likeness (QED) is 0.415. The van der Waals surface area contributed by atoms with Crippen molar-refractivity contribution in [3.8, 4) is 0 Å². The van der Waals surface area contributed by atoms with E-state index >= 15 is 0 Å². The molecule has 0 spiro atoms. The number of hydrogen-bond acceptors (Lipinski definition) is 7. The predicted octanol–water partition coefficient (Wildman–Crippen LogP) is 3.31. The van der Waals surface area contributed by atoms with Gasteiger partial charge in [-0.05, 0) is 78.4 Å². The summed E-state index contributed by atoms with van der Waals surface area (Å²) in [4.78, 5) is 21.5. The van der Waals surface area contributed by atoms with E-state index in [1.54, 1.807) is 11.8 Å². The molecule has 194 valence electrons. The first kappa shape index (κ1) is 25.1. The van der Waals surface area contributed by atoms with Crippen LogP contribution in [0.25, 0.3) is 10.9 Å². The average Bonchev–Trinajstić information content (AvgIpc) is 3.34. The number of benzene rings is 2. The summed E-state index contributed by atoms with van der Waals surface area (Å²) in [6.07, 6.45) is 0.